The Balaban J connectivity index is 2.55. The predicted molar refractivity (Wildman–Crippen MR) is 87.5 cm³/mol. The summed E-state index contributed by atoms with van der Waals surface area (Å²) < 4.78 is 6.01. The number of halogens is 1. The van der Waals surface area contributed by atoms with Crippen molar-refractivity contribution >= 4 is 33.2 Å². The van der Waals surface area contributed by atoms with Crippen molar-refractivity contribution in [2.45, 2.75) is 26.2 Å². The van der Waals surface area contributed by atoms with Crippen LogP contribution in [0, 0.1) is 0 Å². The van der Waals surface area contributed by atoms with Crippen molar-refractivity contribution in [3.63, 3.8) is 0 Å². The molecule has 0 bridgehead atoms. The van der Waals surface area contributed by atoms with Crippen molar-refractivity contribution in [1.29, 1.82) is 0 Å². The SMILES string of the molecule is COc1ccc(-c2nc(C(C)(C)C)c(C(=O)O)s2)cc1Br. The van der Waals surface area contributed by atoms with Crippen LogP contribution in [-0.4, -0.2) is 23.2 Å². The number of aromatic carboxylic acids is 1. The molecule has 0 saturated carbocycles. The van der Waals surface area contributed by atoms with Crippen LogP contribution in [0.5, 0.6) is 5.75 Å². The molecule has 0 aliphatic carbocycles. The molecule has 0 fully saturated rings. The van der Waals surface area contributed by atoms with Gasteiger partial charge in [-0.25, -0.2) is 9.78 Å². The second-order valence-electron chi connectivity index (χ2n) is 5.60. The maximum Gasteiger partial charge on any atom is 0.347 e. The summed E-state index contributed by atoms with van der Waals surface area (Å²) in [6, 6.07) is 5.59. The van der Waals surface area contributed by atoms with Gasteiger partial charge in [0, 0.05) is 11.0 Å². The van der Waals surface area contributed by atoms with Gasteiger partial charge in [-0.3, -0.25) is 0 Å². The zero-order valence-electron chi connectivity index (χ0n) is 12.2. The largest absolute Gasteiger partial charge is 0.496 e. The number of methoxy groups -OCH3 is 1. The van der Waals surface area contributed by atoms with Gasteiger partial charge in [0.2, 0.25) is 0 Å². The lowest BCUT2D eigenvalue weighted by Crippen LogP contribution is -2.16. The molecule has 0 amide bonds. The highest BCUT2D eigenvalue weighted by atomic mass is 79.9. The van der Waals surface area contributed by atoms with Crippen LogP contribution < -0.4 is 4.74 Å². The molecule has 2 rings (SSSR count). The monoisotopic (exact) mass is 369 g/mol. The molecule has 0 aliphatic heterocycles. The van der Waals surface area contributed by atoms with Crippen molar-refractivity contribution < 1.29 is 14.6 Å². The molecule has 21 heavy (non-hydrogen) atoms. The Labute approximate surface area is 135 Å². The zero-order valence-corrected chi connectivity index (χ0v) is 14.6. The van der Waals surface area contributed by atoms with Gasteiger partial charge in [0.15, 0.2) is 0 Å². The van der Waals surface area contributed by atoms with Gasteiger partial charge in [-0.1, -0.05) is 20.8 Å². The molecule has 112 valence electrons. The Kier molecular flexibility index (Phi) is 4.39. The third kappa shape index (κ3) is 3.27. The molecule has 0 radical (unpaired) electrons. The lowest BCUT2D eigenvalue weighted by atomic mass is 9.91. The zero-order chi connectivity index (χ0) is 15.8. The van der Waals surface area contributed by atoms with E-state index in [-0.39, 0.29) is 5.41 Å². The van der Waals surface area contributed by atoms with Gasteiger partial charge in [0.05, 0.1) is 17.3 Å². The molecule has 0 unspecified atom stereocenters. The average molecular weight is 370 g/mol. The van der Waals surface area contributed by atoms with Gasteiger partial charge in [-0.2, -0.15) is 0 Å². The van der Waals surface area contributed by atoms with E-state index >= 15 is 0 Å². The average Bonchev–Trinajstić information content (AvgIpc) is 2.83. The summed E-state index contributed by atoms with van der Waals surface area (Å²) in [5.41, 5.74) is 1.17. The smallest absolute Gasteiger partial charge is 0.347 e. The molecule has 2 aromatic rings. The fraction of sp³-hybridized carbons (Fsp3) is 0.333. The number of carbonyl (C=O) groups is 1. The normalized spacial score (nSPS) is 11.5. The summed E-state index contributed by atoms with van der Waals surface area (Å²) in [6.07, 6.45) is 0. The predicted octanol–water partition coefficient (Wildman–Crippen LogP) is 4.58. The Morgan fingerprint density at radius 1 is 1.38 bits per heavy atom. The number of ether oxygens (including phenoxy) is 1. The molecule has 6 heteroatoms. The van der Waals surface area contributed by atoms with E-state index in [2.05, 4.69) is 20.9 Å². The van der Waals surface area contributed by atoms with E-state index in [1.807, 2.05) is 39.0 Å². The van der Waals surface area contributed by atoms with Crippen LogP contribution in [0.4, 0.5) is 0 Å². The summed E-state index contributed by atoms with van der Waals surface area (Å²) in [7, 11) is 1.60. The van der Waals surface area contributed by atoms with Gasteiger partial charge in [-0.05, 0) is 34.1 Å². The fourth-order valence-electron chi connectivity index (χ4n) is 1.90. The molecule has 0 saturated heterocycles. The van der Waals surface area contributed by atoms with Crippen LogP contribution in [-0.2, 0) is 5.41 Å². The van der Waals surface area contributed by atoms with E-state index in [9.17, 15) is 9.90 Å². The van der Waals surface area contributed by atoms with E-state index in [0.717, 1.165) is 15.8 Å². The summed E-state index contributed by atoms with van der Waals surface area (Å²) in [5, 5.41) is 10.1. The maximum atomic E-state index is 11.4. The highest BCUT2D eigenvalue weighted by Crippen LogP contribution is 2.37. The summed E-state index contributed by atoms with van der Waals surface area (Å²) in [6.45, 7) is 5.88. The third-order valence-electron chi connectivity index (χ3n) is 2.93. The van der Waals surface area contributed by atoms with E-state index < -0.39 is 5.97 Å². The molecule has 1 aromatic carbocycles. The van der Waals surface area contributed by atoms with Crippen LogP contribution >= 0.6 is 27.3 Å². The van der Waals surface area contributed by atoms with Gasteiger partial charge in [0.1, 0.15) is 15.6 Å². The number of benzene rings is 1. The van der Waals surface area contributed by atoms with Crippen molar-refractivity contribution in [2.75, 3.05) is 7.11 Å². The fourth-order valence-corrected chi connectivity index (χ4v) is 3.55. The first-order valence-electron chi connectivity index (χ1n) is 6.32. The number of carboxylic acid groups (broad SMARTS) is 1. The molecule has 0 atom stereocenters. The van der Waals surface area contributed by atoms with Crippen LogP contribution in [0.2, 0.25) is 0 Å². The summed E-state index contributed by atoms with van der Waals surface area (Å²) in [5.74, 6) is -0.207. The second kappa shape index (κ2) is 5.77. The molecule has 0 aliphatic rings. The highest BCUT2D eigenvalue weighted by Gasteiger charge is 2.27. The van der Waals surface area contributed by atoms with Crippen molar-refractivity contribution in [2.24, 2.45) is 0 Å². The lowest BCUT2D eigenvalue weighted by Gasteiger charge is -2.16. The Morgan fingerprint density at radius 2 is 2.05 bits per heavy atom. The second-order valence-corrected chi connectivity index (χ2v) is 7.45. The number of hydrogen-bond donors (Lipinski definition) is 1. The van der Waals surface area contributed by atoms with Gasteiger partial charge in [-0.15, -0.1) is 11.3 Å². The molecular formula is C15H16BrNO3S. The number of carboxylic acids is 1. The minimum Gasteiger partial charge on any atom is -0.496 e. The highest BCUT2D eigenvalue weighted by molar-refractivity contribution is 9.10. The first-order valence-corrected chi connectivity index (χ1v) is 7.93. The third-order valence-corrected chi connectivity index (χ3v) is 4.64. The van der Waals surface area contributed by atoms with E-state index in [0.29, 0.717) is 15.6 Å². The molecule has 0 spiro atoms. The van der Waals surface area contributed by atoms with Crippen LogP contribution in [0.3, 0.4) is 0 Å². The van der Waals surface area contributed by atoms with E-state index in [4.69, 9.17) is 4.74 Å². The Hall–Kier alpha value is -1.40. The summed E-state index contributed by atoms with van der Waals surface area (Å²) >= 11 is 4.63. The van der Waals surface area contributed by atoms with E-state index in [1.165, 1.54) is 11.3 Å². The van der Waals surface area contributed by atoms with Crippen LogP contribution in [0.1, 0.15) is 36.1 Å². The Morgan fingerprint density at radius 3 is 2.48 bits per heavy atom. The molecule has 1 aromatic heterocycles. The molecule has 1 heterocycles. The quantitative estimate of drug-likeness (QED) is 0.859. The first kappa shape index (κ1) is 16.0. The van der Waals surface area contributed by atoms with Crippen molar-refractivity contribution in [1.82, 2.24) is 4.98 Å². The van der Waals surface area contributed by atoms with Gasteiger partial charge < -0.3 is 9.84 Å². The molecule has 1 N–H and O–H groups in total. The number of rotatable bonds is 3. The van der Waals surface area contributed by atoms with Gasteiger partial charge in [0.25, 0.3) is 0 Å². The number of aromatic nitrogens is 1. The molecule has 4 nitrogen and oxygen atoms in total. The number of hydrogen-bond acceptors (Lipinski definition) is 4. The maximum absolute atomic E-state index is 11.4. The summed E-state index contributed by atoms with van der Waals surface area (Å²) in [4.78, 5) is 16.3. The number of nitrogens with zero attached hydrogens (tertiary/aromatic N) is 1. The van der Waals surface area contributed by atoms with Gasteiger partial charge >= 0.3 is 5.97 Å². The van der Waals surface area contributed by atoms with Crippen LogP contribution in [0.15, 0.2) is 22.7 Å². The minimum atomic E-state index is -0.934. The Bertz CT molecular complexity index is 689. The molecular weight excluding hydrogens is 354 g/mol. The lowest BCUT2D eigenvalue weighted by molar-refractivity contribution is 0.0699. The van der Waals surface area contributed by atoms with Crippen LogP contribution in [0.25, 0.3) is 10.6 Å². The minimum absolute atomic E-state index is 0.296. The van der Waals surface area contributed by atoms with E-state index in [1.54, 1.807) is 7.11 Å². The van der Waals surface area contributed by atoms with Crippen molar-refractivity contribution in [3.05, 3.63) is 33.2 Å². The first-order chi connectivity index (χ1) is 9.74. The number of thiazole rings is 1. The standard InChI is InChI=1S/C15H16BrNO3S/c1-15(2,3)12-11(14(18)19)21-13(17-12)8-5-6-10(20-4)9(16)7-8/h5-7H,1-4H3,(H,18,19). The van der Waals surface area contributed by atoms with Crippen molar-refractivity contribution in [3.8, 4) is 16.3 Å². The topological polar surface area (TPSA) is 59.4 Å².